The van der Waals surface area contributed by atoms with Crippen molar-refractivity contribution in [2.75, 3.05) is 19.0 Å². The molecule has 0 aromatic heterocycles. The summed E-state index contributed by atoms with van der Waals surface area (Å²) in [6.07, 6.45) is 0. The molecular formula is C18H19FN2O2. The molecule has 0 radical (unpaired) electrons. The number of halogens is 1. The van der Waals surface area contributed by atoms with Crippen molar-refractivity contribution in [2.45, 2.75) is 13.5 Å². The number of hydrogen-bond donors (Lipinski definition) is 1. The second kappa shape index (κ2) is 7.05. The average molecular weight is 314 g/mol. The quantitative estimate of drug-likeness (QED) is 0.682. The second-order valence-electron chi connectivity index (χ2n) is 5.56. The molecule has 0 fully saturated rings. The molecule has 1 N–H and O–H groups in total. The molecule has 0 saturated carbocycles. The fourth-order valence-corrected chi connectivity index (χ4v) is 2.12. The monoisotopic (exact) mass is 314 g/mol. The van der Waals surface area contributed by atoms with Crippen LogP contribution in [0.3, 0.4) is 0 Å². The lowest BCUT2D eigenvalue weighted by Crippen LogP contribution is -2.30. The number of nitrogens with zero attached hydrogens (tertiary/aromatic N) is 1. The van der Waals surface area contributed by atoms with Crippen LogP contribution in [0.15, 0.2) is 42.5 Å². The van der Waals surface area contributed by atoms with E-state index in [1.807, 2.05) is 6.92 Å². The molecular weight excluding hydrogens is 295 g/mol. The maximum Gasteiger partial charge on any atom is 0.292 e. The molecule has 0 bridgehead atoms. The highest BCUT2D eigenvalue weighted by atomic mass is 19.1. The Kier molecular flexibility index (Phi) is 5.11. The van der Waals surface area contributed by atoms with E-state index in [2.05, 4.69) is 5.32 Å². The third kappa shape index (κ3) is 4.16. The first-order valence-electron chi connectivity index (χ1n) is 7.23. The third-order valence-corrected chi connectivity index (χ3v) is 3.47. The van der Waals surface area contributed by atoms with E-state index in [1.54, 1.807) is 55.4 Å². The Morgan fingerprint density at radius 2 is 1.74 bits per heavy atom. The smallest absolute Gasteiger partial charge is 0.292 e. The van der Waals surface area contributed by atoms with Crippen molar-refractivity contribution in [3.05, 3.63) is 65.0 Å². The molecule has 23 heavy (non-hydrogen) atoms. The van der Waals surface area contributed by atoms with E-state index in [0.29, 0.717) is 16.8 Å². The minimum atomic E-state index is -0.703. The van der Waals surface area contributed by atoms with Crippen molar-refractivity contribution in [2.24, 2.45) is 0 Å². The first kappa shape index (κ1) is 16.7. The first-order valence-corrected chi connectivity index (χ1v) is 7.23. The van der Waals surface area contributed by atoms with Gasteiger partial charge >= 0.3 is 0 Å². The van der Waals surface area contributed by atoms with E-state index < -0.39 is 11.7 Å². The molecule has 120 valence electrons. The minimum Gasteiger partial charge on any atom is -0.375 e. The Morgan fingerprint density at radius 1 is 1.09 bits per heavy atom. The van der Waals surface area contributed by atoms with Gasteiger partial charge in [0.15, 0.2) is 0 Å². The number of Topliss-reactive ketones (excluding diaryl/α,β-unsaturated/α-hetero) is 1. The second-order valence-corrected chi connectivity index (χ2v) is 5.56. The number of rotatable bonds is 5. The van der Waals surface area contributed by atoms with Gasteiger partial charge in [0.1, 0.15) is 5.82 Å². The number of benzene rings is 2. The van der Waals surface area contributed by atoms with Crippen molar-refractivity contribution < 1.29 is 14.0 Å². The summed E-state index contributed by atoms with van der Waals surface area (Å²) in [4.78, 5) is 25.6. The molecule has 0 aliphatic heterocycles. The molecule has 5 heteroatoms. The van der Waals surface area contributed by atoms with Crippen molar-refractivity contribution in [3.8, 4) is 0 Å². The fourth-order valence-electron chi connectivity index (χ4n) is 2.12. The fraction of sp³-hybridized carbons (Fsp3) is 0.222. The van der Waals surface area contributed by atoms with Gasteiger partial charge in [-0.15, -0.1) is 0 Å². The SMILES string of the molecule is Cc1ccc(C(=O)C(=O)NCc2ccc(N(C)C)c(F)c2)cc1. The van der Waals surface area contributed by atoms with E-state index in [0.717, 1.165) is 5.56 Å². The molecule has 0 unspecified atom stereocenters. The topological polar surface area (TPSA) is 49.4 Å². The summed E-state index contributed by atoms with van der Waals surface area (Å²) in [5.41, 5.74) is 2.41. The summed E-state index contributed by atoms with van der Waals surface area (Å²) >= 11 is 0. The van der Waals surface area contributed by atoms with Crippen LogP contribution in [0.4, 0.5) is 10.1 Å². The van der Waals surface area contributed by atoms with E-state index in [9.17, 15) is 14.0 Å². The highest BCUT2D eigenvalue weighted by molar-refractivity contribution is 6.42. The standard InChI is InChI=1S/C18H19FN2O2/c1-12-4-7-14(8-5-12)17(22)18(23)20-11-13-6-9-16(21(2)3)15(19)10-13/h4-10H,11H2,1-3H3,(H,20,23). The van der Waals surface area contributed by atoms with E-state index >= 15 is 0 Å². The van der Waals surface area contributed by atoms with E-state index in [1.165, 1.54) is 6.07 Å². The van der Waals surface area contributed by atoms with Crippen LogP contribution in [-0.4, -0.2) is 25.8 Å². The molecule has 0 spiro atoms. The molecule has 2 rings (SSSR count). The summed E-state index contributed by atoms with van der Waals surface area (Å²) in [5.74, 6) is -1.67. The molecule has 0 atom stereocenters. The van der Waals surface area contributed by atoms with Crippen LogP contribution in [0.25, 0.3) is 0 Å². The number of carbonyl (C=O) groups is 2. The van der Waals surface area contributed by atoms with Gasteiger partial charge in [-0.05, 0) is 24.6 Å². The van der Waals surface area contributed by atoms with Gasteiger partial charge in [-0.3, -0.25) is 9.59 Å². The lowest BCUT2D eigenvalue weighted by molar-refractivity contribution is -0.117. The van der Waals surface area contributed by atoms with Gasteiger partial charge in [-0.2, -0.15) is 0 Å². The summed E-state index contributed by atoms with van der Waals surface area (Å²) < 4.78 is 13.9. The maximum absolute atomic E-state index is 13.9. The van der Waals surface area contributed by atoms with Crippen molar-refractivity contribution >= 4 is 17.4 Å². The minimum absolute atomic E-state index is 0.0983. The lowest BCUT2D eigenvalue weighted by atomic mass is 10.1. The number of hydrogen-bond acceptors (Lipinski definition) is 3. The van der Waals surface area contributed by atoms with Crippen LogP contribution in [0.1, 0.15) is 21.5 Å². The molecule has 0 aliphatic carbocycles. The van der Waals surface area contributed by atoms with Gasteiger partial charge in [0.25, 0.3) is 5.91 Å². The summed E-state index contributed by atoms with van der Waals surface area (Å²) in [7, 11) is 3.50. The number of nitrogens with one attached hydrogen (secondary N) is 1. The van der Waals surface area contributed by atoms with Crippen LogP contribution < -0.4 is 10.2 Å². The van der Waals surface area contributed by atoms with Crippen molar-refractivity contribution in [1.82, 2.24) is 5.32 Å². The molecule has 2 aromatic carbocycles. The number of carbonyl (C=O) groups excluding carboxylic acids is 2. The Bertz CT molecular complexity index is 724. The highest BCUT2D eigenvalue weighted by Gasteiger charge is 2.15. The zero-order valence-corrected chi connectivity index (χ0v) is 13.4. The largest absolute Gasteiger partial charge is 0.375 e. The Hall–Kier alpha value is -2.69. The summed E-state index contributed by atoms with van der Waals surface area (Å²) in [6.45, 7) is 2.00. The average Bonchev–Trinajstić information content (AvgIpc) is 2.52. The van der Waals surface area contributed by atoms with Crippen LogP contribution >= 0.6 is 0 Å². The van der Waals surface area contributed by atoms with Crippen LogP contribution in [0.5, 0.6) is 0 Å². The number of amides is 1. The van der Waals surface area contributed by atoms with Crippen LogP contribution in [0, 0.1) is 12.7 Å². The molecule has 0 heterocycles. The van der Waals surface area contributed by atoms with Crippen molar-refractivity contribution in [3.63, 3.8) is 0 Å². The lowest BCUT2D eigenvalue weighted by Gasteiger charge is -2.14. The van der Waals surface area contributed by atoms with Gasteiger partial charge in [-0.1, -0.05) is 35.9 Å². The predicted octanol–water partition coefficient (Wildman–Crippen LogP) is 2.70. The molecule has 4 nitrogen and oxygen atoms in total. The molecule has 1 amide bonds. The Labute approximate surface area is 134 Å². The zero-order chi connectivity index (χ0) is 17.0. The molecule has 2 aromatic rings. The predicted molar refractivity (Wildman–Crippen MR) is 88.1 cm³/mol. The zero-order valence-electron chi connectivity index (χ0n) is 13.4. The highest BCUT2D eigenvalue weighted by Crippen LogP contribution is 2.18. The van der Waals surface area contributed by atoms with Gasteiger partial charge in [-0.25, -0.2) is 4.39 Å². The summed E-state index contributed by atoms with van der Waals surface area (Å²) in [6, 6.07) is 11.5. The number of ketones is 1. The number of anilines is 1. The van der Waals surface area contributed by atoms with E-state index in [-0.39, 0.29) is 12.4 Å². The van der Waals surface area contributed by atoms with Crippen molar-refractivity contribution in [1.29, 1.82) is 0 Å². The van der Waals surface area contributed by atoms with Crippen LogP contribution in [-0.2, 0) is 11.3 Å². The van der Waals surface area contributed by atoms with Gasteiger partial charge in [0, 0.05) is 26.2 Å². The van der Waals surface area contributed by atoms with Gasteiger partial charge in [0.2, 0.25) is 5.78 Å². The first-order chi connectivity index (χ1) is 10.9. The van der Waals surface area contributed by atoms with E-state index in [4.69, 9.17) is 0 Å². The molecule has 0 saturated heterocycles. The Balaban J connectivity index is 2.00. The van der Waals surface area contributed by atoms with Gasteiger partial charge < -0.3 is 10.2 Å². The number of aryl methyl sites for hydroxylation is 1. The summed E-state index contributed by atoms with van der Waals surface area (Å²) in [5, 5.41) is 2.52. The van der Waals surface area contributed by atoms with Gasteiger partial charge in [0.05, 0.1) is 5.69 Å². The van der Waals surface area contributed by atoms with Crippen LogP contribution in [0.2, 0.25) is 0 Å². The third-order valence-electron chi connectivity index (χ3n) is 3.47. The normalized spacial score (nSPS) is 10.3. The Morgan fingerprint density at radius 3 is 2.30 bits per heavy atom. The maximum atomic E-state index is 13.9. The molecule has 0 aliphatic rings.